The van der Waals surface area contributed by atoms with Crippen molar-refractivity contribution in [3.8, 4) is 5.75 Å². The summed E-state index contributed by atoms with van der Waals surface area (Å²) in [6.07, 6.45) is 2.19. The van der Waals surface area contributed by atoms with E-state index in [-0.39, 0.29) is 30.9 Å². The number of carbonyl (C=O) groups is 2. The number of nitrogens with zero attached hydrogens (tertiary/aromatic N) is 1. The molecule has 1 heterocycles. The summed E-state index contributed by atoms with van der Waals surface area (Å²) in [4.78, 5) is 25.1. The fraction of sp³-hybridized carbons (Fsp3) is 0.579. The average molecular weight is 349 g/mol. The smallest absolute Gasteiger partial charge is 0.305 e. The normalized spacial score (nSPS) is 16.8. The van der Waals surface area contributed by atoms with E-state index in [0.717, 1.165) is 19.4 Å². The molecule has 0 aliphatic carbocycles. The van der Waals surface area contributed by atoms with Crippen molar-refractivity contribution in [3.63, 3.8) is 0 Å². The van der Waals surface area contributed by atoms with Crippen LogP contribution in [0.3, 0.4) is 0 Å². The molecule has 1 fully saturated rings. The lowest BCUT2D eigenvalue weighted by Gasteiger charge is -2.24. The van der Waals surface area contributed by atoms with Crippen LogP contribution >= 0.6 is 0 Å². The topological polar surface area (TPSA) is 76.1 Å². The Bertz CT molecular complexity index is 564. The lowest BCUT2D eigenvalue weighted by molar-refractivity contribution is -0.137. The Morgan fingerprint density at radius 1 is 1.32 bits per heavy atom. The third-order valence-corrected chi connectivity index (χ3v) is 4.03. The summed E-state index contributed by atoms with van der Waals surface area (Å²) in [5, 5.41) is 8.87. The quantitative estimate of drug-likeness (QED) is 0.742. The molecule has 0 aromatic heterocycles. The summed E-state index contributed by atoms with van der Waals surface area (Å²) in [5.41, 5.74) is 0.538. The van der Waals surface area contributed by atoms with Gasteiger partial charge in [-0.15, -0.1) is 0 Å². The van der Waals surface area contributed by atoms with Gasteiger partial charge in [-0.25, -0.2) is 0 Å². The predicted octanol–water partition coefficient (Wildman–Crippen LogP) is 2.82. The molecule has 1 aliphatic heterocycles. The van der Waals surface area contributed by atoms with E-state index in [2.05, 4.69) is 0 Å². The molecule has 1 N–H and O–H groups in total. The Hall–Kier alpha value is -2.08. The molecule has 138 valence electrons. The van der Waals surface area contributed by atoms with Crippen molar-refractivity contribution in [2.45, 2.75) is 39.2 Å². The van der Waals surface area contributed by atoms with E-state index in [0.29, 0.717) is 24.5 Å². The van der Waals surface area contributed by atoms with Gasteiger partial charge < -0.3 is 19.5 Å². The minimum absolute atomic E-state index is 0.0545. The zero-order valence-corrected chi connectivity index (χ0v) is 14.9. The zero-order valence-electron chi connectivity index (χ0n) is 14.9. The number of hydrogen-bond donors (Lipinski definition) is 1. The molecule has 1 saturated heterocycles. The van der Waals surface area contributed by atoms with Gasteiger partial charge in [0.25, 0.3) is 5.91 Å². The summed E-state index contributed by atoms with van der Waals surface area (Å²) in [6.45, 7) is 6.06. The highest BCUT2D eigenvalue weighted by Crippen LogP contribution is 2.18. The minimum Gasteiger partial charge on any atom is -0.491 e. The molecule has 0 radical (unpaired) electrons. The maximum absolute atomic E-state index is 12.6. The molecule has 2 rings (SSSR count). The fourth-order valence-corrected chi connectivity index (χ4v) is 2.79. The summed E-state index contributed by atoms with van der Waals surface area (Å²) in [6, 6.07) is 6.99. The molecule has 1 aromatic rings. The van der Waals surface area contributed by atoms with Crippen molar-refractivity contribution < 1.29 is 24.2 Å². The molecule has 1 atom stereocenters. The Morgan fingerprint density at radius 3 is 2.60 bits per heavy atom. The van der Waals surface area contributed by atoms with Crippen LogP contribution in [0.1, 0.15) is 43.5 Å². The van der Waals surface area contributed by atoms with E-state index in [1.165, 1.54) is 0 Å². The molecule has 1 aliphatic rings. The predicted molar refractivity (Wildman–Crippen MR) is 93.9 cm³/mol. The summed E-state index contributed by atoms with van der Waals surface area (Å²) < 4.78 is 11.2. The molecule has 1 amide bonds. The molecule has 0 spiro atoms. The Kier molecular flexibility index (Phi) is 7.25. The molecule has 0 saturated carbocycles. The third kappa shape index (κ3) is 6.38. The lowest BCUT2D eigenvalue weighted by Crippen LogP contribution is -2.35. The van der Waals surface area contributed by atoms with Crippen LogP contribution in [-0.2, 0) is 9.53 Å². The standard InChI is InChI=1S/C19H27NO5/c1-14(2)12-20(10-9-18(21)22)19(23)15-5-7-16(8-6-15)25-13-17-4-3-11-24-17/h5-8,14,17H,3-4,9-13H2,1-2H3,(H,21,22). The van der Waals surface area contributed by atoms with Crippen LogP contribution in [0.25, 0.3) is 0 Å². The first-order valence-electron chi connectivity index (χ1n) is 8.81. The second kappa shape index (κ2) is 9.42. The monoisotopic (exact) mass is 349 g/mol. The Morgan fingerprint density at radius 2 is 2.04 bits per heavy atom. The molecule has 25 heavy (non-hydrogen) atoms. The second-order valence-electron chi connectivity index (χ2n) is 6.76. The highest BCUT2D eigenvalue weighted by Gasteiger charge is 2.19. The van der Waals surface area contributed by atoms with Gasteiger partial charge in [0.1, 0.15) is 12.4 Å². The van der Waals surface area contributed by atoms with Gasteiger partial charge in [0.15, 0.2) is 0 Å². The van der Waals surface area contributed by atoms with Crippen molar-refractivity contribution in [1.82, 2.24) is 4.90 Å². The summed E-state index contributed by atoms with van der Waals surface area (Å²) in [5.74, 6) is -0.0835. The SMILES string of the molecule is CC(C)CN(CCC(=O)O)C(=O)c1ccc(OCC2CCCO2)cc1. The lowest BCUT2D eigenvalue weighted by atomic mass is 10.1. The maximum Gasteiger partial charge on any atom is 0.305 e. The molecule has 6 nitrogen and oxygen atoms in total. The van der Waals surface area contributed by atoms with Gasteiger partial charge in [-0.2, -0.15) is 0 Å². The first-order chi connectivity index (χ1) is 12.0. The van der Waals surface area contributed by atoms with E-state index in [1.54, 1.807) is 29.2 Å². The highest BCUT2D eigenvalue weighted by molar-refractivity contribution is 5.94. The van der Waals surface area contributed by atoms with Gasteiger partial charge in [-0.1, -0.05) is 13.8 Å². The van der Waals surface area contributed by atoms with E-state index in [4.69, 9.17) is 14.6 Å². The molecule has 0 bridgehead atoms. The van der Waals surface area contributed by atoms with Gasteiger partial charge in [0, 0.05) is 25.3 Å². The number of benzene rings is 1. The van der Waals surface area contributed by atoms with E-state index >= 15 is 0 Å². The van der Waals surface area contributed by atoms with Gasteiger partial charge in [-0.3, -0.25) is 9.59 Å². The van der Waals surface area contributed by atoms with E-state index in [9.17, 15) is 9.59 Å². The zero-order chi connectivity index (χ0) is 18.2. The minimum atomic E-state index is -0.903. The van der Waals surface area contributed by atoms with Crippen LogP contribution < -0.4 is 4.74 Å². The van der Waals surface area contributed by atoms with Crippen molar-refractivity contribution in [2.24, 2.45) is 5.92 Å². The van der Waals surface area contributed by atoms with Crippen molar-refractivity contribution in [2.75, 3.05) is 26.3 Å². The molecule has 1 aromatic carbocycles. The average Bonchev–Trinajstić information content (AvgIpc) is 3.09. The second-order valence-corrected chi connectivity index (χ2v) is 6.76. The van der Waals surface area contributed by atoms with Crippen LogP contribution in [0, 0.1) is 5.92 Å². The van der Waals surface area contributed by atoms with Crippen molar-refractivity contribution >= 4 is 11.9 Å². The van der Waals surface area contributed by atoms with Crippen LogP contribution in [0.2, 0.25) is 0 Å². The van der Waals surface area contributed by atoms with Gasteiger partial charge in [-0.05, 0) is 43.0 Å². The summed E-state index contributed by atoms with van der Waals surface area (Å²) in [7, 11) is 0. The van der Waals surface area contributed by atoms with Gasteiger partial charge >= 0.3 is 5.97 Å². The highest BCUT2D eigenvalue weighted by atomic mass is 16.5. The van der Waals surface area contributed by atoms with Crippen LogP contribution in [0.4, 0.5) is 0 Å². The number of aliphatic carboxylic acids is 1. The number of carbonyl (C=O) groups excluding carboxylic acids is 1. The number of rotatable bonds is 9. The van der Waals surface area contributed by atoms with Crippen molar-refractivity contribution in [3.05, 3.63) is 29.8 Å². The Labute approximate surface area is 148 Å². The molecular weight excluding hydrogens is 322 g/mol. The van der Waals surface area contributed by atoms with Gasteiger partial charge in [0.2, 0.25) is 0 Å². The fourth-order valence-electron chi connectivity index (χ4n) is 2.79. The third-order valence-electron chi connectivity index (χ3n) is 4.03. The van der Waals surface area contributed by atoms with Crippen LogP contribution in [0.15, 0.2) is 24.3 Å². The molecule has 6 heteroatoms. The number of amides is 1. The van der Waals surface area contributed by atoms with E-state index in [1.807, 2.05) is 13.8 Å². The van der Waals surface area contributed by atoms with Crippen LogP contribution in [-0.4, -0.2) is 54.3 Å². The maximum atomic E-state index is 12.6. The molecular formula is C19H27NO5. The number of carboxylic acid groups (broad SMARTS) is 1. The first kappa shape index (κ1) is 19.2. The Balaban J connectivity index is 1.94. The number of carboxylic acids is 1. The van der Waals surface area contributed by atoms with Crippen LogP contribution in [0.5, 0.6) is 5.75 Å². The molecule has 1 unspecified atom stereocenters. The number of hydrogen-bond acceptors (Lipinski definition) is 4. The van der Waals surface area contributed by atoms with Crippen molar-refractivity contribution in [1.29, 1.82) is 0 Å². The van der Waals surface area contributed by atoms with Gasteiger partial charge in [0.05, 0.1) is 12.5 Å². The summed E-state index contributed by atoms with van der Waals surface area (Å²) >= 11 is 0. The largest absolute Gasteiger partial charge is 0.491 e. The first-order valence-corrected chi connectivity index (χ1v) is 8.81. The number of ether oxygens (including phenoxy) is 2. The van der Waals surface area contributed by atoms with E-state index < -0.39 is 5.97 Å².